The van der Waals surface area contributed by atoms with Crippen molar-refractivity contribution < 1.29 is 37.9 Å². The summed E-state index contributed by atoms with van der Waals surface area (Å²) in [5, 5.41) is 28.3. The standard InChI is InChI=1S/C38H49FN8O7Si/c1-37(2,3)55(39,38(4,5)6)27-13-10-24(11-14-27)33(49)42-21-30(46-36(52)53)34(50)41-16-8-18-54-26-12-15-29-28(19-26)32(45-23-44-29)35(51)43-22-31(48)47-17-7-9-25(47)20-40/h10-15,19,23,25,30,46H,7-9,16-18,21-22H2,1-6H3,(H,41,50)(H,42,49)(H,43,51)(H,52,53)/t25-,30?/m0/s1. The molecule has 0 radical (unpaired) electrons. The van der Waals surface area contributed by atoms with Crippen LogP contribution in [-0.2, 0) is 9.59 Å². The van der Waals surface area contributed by atoms with E-state index in [0.29, 0.717) is 41.2 Å². The van der Waals surface area contributed by atoms with Gasteiger partial charge in [0.2, 0.25) is 11.8 Å². The molecule has 2 aromatic carbocycles. The molecular weight excluding hydrogens is 728 g/mol. The van der Waals surface area contributed by atoms with E-state index in [1.165, 1.54) is 23.4 Å². The normalized spacial score (nSPS) is 15.1. The highest BCUT2D eigenvalue weighted by Crippen LogP contribution is 2.51. The SMILES string of the molecule is CC(C)(C)[Si](F)(c1ccc(C(=O)NCC(NC(=O)O)C(=O)NCCCOc2ccc3ncnc(C(=O)NCC(=O)N4CCC[C@H]4C#N)c3c2)cc1)C(C)(C)C. The van der Waals surface area contributed by atoms with Gasteiger partial charge in [0, 0.05) is 30.6 Å². The molecular formula is C38H49FN8O7Si. The largest absolute Gasteiger partial charge is 0.494 e. The van der Waals surface area contributed by atoms with Gasteiger partial charge < -0.3 is 40.1 Å². The second-order valence-electron chi connectivity index (χ2n) is 15.4. The summed E-state index contributed by atoms with van der Waals surface area (Å²) in [6.45, 7) is 11.4. The van der Waals surface area contributed by atoms with Crippen LogP contribution in [0.4, 0.5) is 8.90 Å². The molecule has 5 amide bonds. The van der Waals surface area contributed by atoms with Crippen LogP contribution in [0.25, 0.3) is 10.9 Å². The summed E-state index contributed by atoms with van der Waals surface area (Å²) in [4.78, 5) is 72.6. The smallest absolute Gasteiger partial charge is 0.405 e. The van der Waals surface area contributed by atoms with Crippen LogP contribution in [-0.4, -0.2) is 103 Å². The first-order chi connectivity index (χ1) is 25.9. The summed E-state index contributed by atoms with van der Waals surface area (Å²) in [6, 6.07) is 11.5. The lowest BCUT2D eigenvalue weighted by atomic mass is 10.1. The number of nitrogens with one attached hydrogen (secondary N) is 4. The number of amides is 5. The first-order valence-corrected chi connectivity index (χ1v) is 19.9. The van der Waals surface area contributed by atoms with Gasteiger partial charge in [-0.2, -0.15) is 5.26 Å². The van der Waals surface area contributed by atoms with Crippen molar-refractivity contribution in [3.63, 3.8) is 0 Å². The van der Waals surface area contributed by atoms with Crippen molar-refractivity contribution >= 4 is 54.2 Å². The van der Waals surface area contributed by atoms with Crippen molar-refractivity contribution in [3.05, 3.63) is 60.0 Å². The lowest BCUT2D eigenvalue weighted by Gasteiger charge is -2.44. The maximum absolute atomic E-state index is 16.7. The average Bonchev–Trinajstić information content (AvgIpc) is 3.62. The molecule has 0 aliphatic carbocycles. The molecule has 3 aromatic rings. The Morgan fingerprint density at radius 2 is 1.69 bits per heavy atom. The third-order valence-corrected chi connectivity index (χ3v) is 14.8. The van der Waals surface area contributed by atoms with Gasteiger partial charge in [-0.1, -0.05) is 53.7 Å². The third kappa shape index (κ3) is 10.1. The quantitative estimate of drug-likeness (QED) is 0.0912. The third-order valence-electron chi connectivity index (χ3n) is 9.53. The molecule has 1 unspecified atom stereocenters. The van der Waals surface area contributed by atoms with Crippen LogP contribution in [0.1, 0.15) is 81.7 Å². The number of carboxylic acid groups (broad SMARTS) is 1. The fraction of sp³-hybridized carbons (Fsp3) is 0.474. The van der Waals surface area contributed by atoms with Gasteiger partial charge in [0.1, 0.15) is 29.9 Å². The molecule has 55 heavy (non-hydrogen) atoms. The van der Waals surface area contributed by atoms with E-state index < -0.39 is 54.4 Å². The molecule has 294 valence electrons. The van der Waals surface area contributed by atoms with E-state index in [-0.39, 0.29) is 43.4 Å². The maximum Gasteiger partial charge on any atom is 0.405 e. The molecule has 0 spiro atoms. The number of likely N-dealkylation sites (tertiary alicyclic amines) is 1. The minimum atomic E-state index is -3.53. The Balaban J connectivity index is 1.28. The van der Waals surface area contributed by atoms with Gasteiger partial charge in [0.15, 0.2) is 0 Å². The molecule has 0 bridgehead atoms. The Hall–Kier alpha value is -5.63. The number of aromatic nitrogens is 2. The fourth-order valence-corrected chi connectivity index (χ4v) is 11.5. The summed E-state index contributed by atoms with van der Waals surface area (Å²) in [7, 11) is -3.53. The predicted molar refractivity (Wildman–Crippen MR) is 205 cm³/mol. The van der Waals surface area contributed by atoms with Crippen molar-refractivity contribution in [1.29, 1.82) is 5.26 Å². The zero-order chi connectivity index (χ0) is 40.6. The lowest BCUT2D eigenvalue weighted by Crippen LogP contribution is -2.57. The van der Waals surface area contributed by atoms with E-state index in [2.05, 4.69) is 37.3 Å². The topological polar surface area (TPSA) is 216 Å². The summed E-state index contributed by atoms with van der Waals surface area (Å²) in [5.74, 6) is -1.76. The number of halogens is 1. The van der Waals surface area contributed by atoms with Crippen molar-refractivity contribution in [2.75, 3.05) is 32.8 Å². The zero-order valence-electron chi connectivity index (χ0n) is 32.0. The van der Waals surface area contributed by atoms with E-state index in [1.54, 1.807) is 30.3 Å². The average molecular weight is 777 g/mol. The minimum Gasteiger partial charge on any atom is -0.494 e. The number of benzene rings is 2. The summed E-state index contributed by atoms with van der Waals surface area (Å²) in [6.07, 6.45) is 1.44. The molecule has 1 aliphatic heterocycles. The predicted octanol–water partition coefficient (Wildman–Crippen LogP) is 3.55. The lowest BCUT2D eigenvalue weighted by molar-refractivity contribution is -0.130. The molecule has 1 aliphatic rings. The van der Waals surface area contributed by atoms with Crippen molar-refractivity contribution in [1.82, 2.24) is 36.1 Å². The van der Waals surface area contributed by atoms with E-state index in [1.807, 2.05) is 41.5 Å². The molecule has 1 saturated heterocycles. The number of hydrogen-bond acceptors (Lipinski definition) is 9. The van der Waals surface area contributed by atoms with Crippen LogP contribution in [0.15, 0.2) is 48.8 Å². The molecule has 1 aromatic heterocycles. The Bertz CT molecular complexity index is 1930. The Kier molecular flexibility index (Phi) is 13.5. The van der Waals surface area contributed by atoms with E-state index in [4.69, 9.17) is 4.74 Å². The summed E-state index contributed by atoms with van der Waals surface area (Å²) < 4.78 is 22.5. The van der Waals surface area contributed by atoms with Crippen LogP contribution >= 0.6 is 0 Å². The highest BCUT2D eigenvalue weighted by molar-refractivity contribution is 6.90. The van der Waals surface area contributed by atoms with Gasteiger partial charge in [-0.3, -0.25) is 19.2 Å². The molecule has 17 heteroatoms. The number of nitrogens with zero attached hydrogens (tertiary/aromatic N) is 4. The van der Waals surface area contributed by atoms with Crippen LogP contribution < -0.4 is 31.2 Å². The molecule has 2 heterocycles. The van der Waals surface area contributed by atoms with Crippen LogP contribution in [0.2, 0.25) is 10.1 Å². The van der Waals surface area contributed by atoms with Crippen molar-refractivity contribution in [2.45, 2.75) is 83.0 Å². The molecule has 5 N–H and O–H groups in total. The van der Waals surface area contributed by atoms with Gasteiger partial charge >= 0.3 is 6.09 Å². The molecule has 2 atom stereocenters. The van der Waals surface area contributed by atoms with Crippen LogP contribution in [0.5, 0.6) is 5.75 Å². The molecule has 0 saturated carbocycles. The maximum atomic E-state index is 16.7. The molecule has 15 nitrogen and oxygen atoms in total. The van der Waals surface area contributed by atoms with Gasteiger partial charge in [0.05, 0.1) is 24.7 Å². The van der Waals surface area contributed by atoms with Gasteiger partial charge in [-0.15, -0.1) is 0 Å². The summed E-state index contributed by atoms with van der Waals surface area (Å²) >= 11 is 0. The van der Waals surface area contributed by atoms with E-state index in [0.717, 1.165) is 6.42 Å². The van der Waals surface area contributed by atoms with E-state index >= 15 is 4.11 Å². The van der Waals surface area contributed by atoms with E-state index in [9.17, 15) is 34.3 Å². The monoisotopic (exact) mass is 776 g/mol. The Morgan fingerprint density at radius 1 is 1.00 bits per heavy atom. The molecule has 1 fully saturated rings. The number of rotatable bonds is 14. The summed E-state index contributed by atoms with van der Waals surface area (Å²) in [5.41, 5.74) is 0.755. The first kappa shape index (κ1) is 42.1. The Morgan fingerprint density at radius 3 is 2.33 bits per heavy atom. The Labute approximate surface area is 320 Å². The number of carbonyl (C=O) groups is 5. The van der Waals surface area contributed by atoms with Crippen LogP contribution in [0, 0.1) is 11.3 Å². The van der Waals surface area contributed by atoms with Crippen LogP contribution in [0.3, 0.4) is 0 Å². The first-order valence-electron chi connectivity index (χ1n) is 18.1. The second kappa shape index (κ2) is 17.7. The number of carbonyl (C=O) groups excluding carboxylic acids is 4. The van der Waals surface area contributed by atoms with Gasteiger partial charge in [-0.25, -0.2) is 14.8 Å². The van der Waals surface area contributed by atoms with Gasteiger partial charge in [0.25, 0.3) is 20.2 Å². The number of nitriles is 1. The highest BCUT2D eigenvalue weighted by Gasteiger charge is 2.56. The second-order valence-corrected chi connectivity index (χ2v) is 20.3. The number of hydrogen-bond donors (Lipinski definition) is 5. The minimum absolute atomic E-state index is 0.0411. The number of ether oxygens (including phenoxy) is 1. The van der Waals surface area contributed by atoms with Crippen molar-refractivity contribution in [2.24, 2.45) is 0 Å². The van der Waals surface area contributed by atoms with Crippen molar-refractivity contribution in [3.8, 4) is 11.8 Å². The fourth-order valence-electron chi connectivity index (χ4n) is 6.94. The number of fused-ring (bicyclic) bond motifs is 1. The molecule has 4 rings (SSSR count). The van der Waals surface area contributed by atoms with Gasteiger partial charge in [-0.05, 0) is 64.9 Å². The zero-order valence-corrected chi connectivity index (χ0v) is 33.0. The highest BCUT2D eigenvalue weighted by atomic mass is 28.4.